The van der Waals surface area contributed by atoms with Crippen molar-refractivity contribution >= 4 is 33.2 Å². The van der Waals surface area contributed by atoms with Crippen molar-refractivity contribution in [2.75, 3.05) is 18.0 Å². The summed E-state index contributed by atoms with van der Waals surface area (Å²) < 4.78 is 38.6. The summed E-state index contributed by atoms with van der Waals surface area (Å²) >= 11 is 6.23. The molecule has 0 aliphatic carbocycles. The van der Waals surface area contributed by atoms with Crippen LogP contribution in [0.4, 0.5) is 5.69 Å². The van der Waals surface area contributed by atoms with Crippen molar-refractivity contribution < 1.29 is 22.7 Å². The Bertz CT molecular complexity index is 1230. The normalized spacial score (nSPS) is 11.2. The van der Waals surface area contributed by atoms with Gasteiger partial charge in [-0.05, 0) is 67.8 Å². The van der Waals surface area contributed by atoms with E-state index >= 15 is 0 Å². The highest BCUT2D eigenvalue weighted by Crippen LogP contribution is 2.32. The maximum absolute atomic E-state index is 13.5. The molecule has 0 aliphatic rings. The minimum Gasteiger partial charge on any atom is -0.495 e. The first-order valence-corrected chi connectivity index (χ1v) is 12.8. The third kappa shape index (κ3) is 6.10. The first-order valence-electron chi connectivity index (χ1n) is 11.0. The Labute approximate surface area is 206 Å². The number of carbonyl (C=O) groups excluding carboxylic acids is 1. The molecule has 3 aromatic rings. The van der Waals surface area contributed by atoms with Gasteiger partial charge in [-0.3, -0.25) is 4.79 Å². The largest absolute Gasteiger partial charge is 0.495 e. The van der Waals surface area contributed by atoms with Crippen LogP contribution in [-0.4, -0.2) is 28.0 Å². The third-order valence-electron chi connectivity index (χ3n) is 5.29. The van der Waals surface area contributed by atoms with Crippen LogP contribution in [0.5, 0.6) is 11.5 Å². The molecular weight excluding hydrogens is 474 g/mol. The molecule has 0 radical (unpaired) electrons. The van der Waals surface area contributed by atoms with Crippen LogP contribution in [0.2, 0.25) is 5.02 Å². The lowest BCUT2D eigenvalue weighted by Crippen LogP contribution is -2.37. The smallest absolute Gasteiger partial charge is 0.270 e. The van der Waals surface area contributed by atoms with E-state index in [-0.39, 0.29) is 28.6 Å². The van der Waals surface area contributed by atoms with Gasteiger partial charge in [0, 0.05) is 6.42 Å². The summed E-state index contributed by atoms with van der Waals surface area (Å²) in [7, 11) is -2.70. The summed E-state index contributed by atoms with van der Waals surface area (Å²) in [6.07, 6.45) is 1.26. The summed E-state index contributed by atoms with van der Waals surface area (Å²) in [5, 5.41) is 0.204. The van der Waals surface area contributed by atoms with E-state index < -0.39 is 15.9 Å². The maximum atomic E-state index is 13.5. The van der Waals surface area contributed by atoms with E-state index in [0.717, 1.165) is 16.3 Å². The van der Waals surface area contributed by atoms with Crippen molar-refractivity contribution in [1.82, 2.24) is 0 Å². The highest BCUT2D eigenvalue weighted by Gasteiger charge is 2.31. The molecule has 180 valence electrons. The number of benzene rings is 3. The first-order chi connectivity index (χ1) is 16.3. The molecule has 34 heavy (non-hydrogen) atoms. The Kier molecular flexibility index (Phi) is 8.58. The van der Waals surface area contributed by atoms with Crippen molar-refractivity contribution in [2.24, 2.45) is 0 Å². The predicted molar refractivity (Wildman–Crippen MR) is 134 cm³/mol. The number of ether oxygens (including phenoxy) is 2. The number of nitrogens with zero attached hydrogens (tertiary/aromatic N) is 1. The molecule has 0 bridgehead atoms. The molecule has 0 spiro atoms. The van der Waals surface area contributed by atoms with Gasteiger partial charge in [0.25, 0.3) is 10.0 Å². The fourth-order valence-corrected chi connectivity index (χ4v) is 5.04. The minimum atomic E-state index is -4.16. The molecule has 8 heteroatoms. The second-order valence-electron chi connectivity index (χ2n) is 7.74. The molecule has 0 atom stereocenters. The Morgan fingerprint density at radius 3 is 2.26 bits per heavy atom. The van der Waals surface area contributed by atoms with Gasteiger partial charge in [-0.1, -0.05) is 48.4 Å². The highest BCUT2D eigenvalue weighted by atomic mass is 35.5. The fourth-order valence-electron chi connectivity index (χ4n) is 3.35. The van der Waals surface area contributed by atoms with E-state index in [1.807, 2.05) is 31.2 Å². The summed E-state index contributed by atoms with van der Waals surface area (Å²) in [4.78, 5) is 13.2. The third-order valence-corrected chi connectivity index (χ3v) is 7.35. The van der Waals surface area contributed by atoms with Crippen LogP contribution in [0, 0.1) is 6.92 Å². The van der Waals surface area contributed by atoms with Gasteiger partial charge in [0.15, 0.2) is 0 Å². The topological polar surface area (TPSA) is 72.9 Å². The van der Waals surface area contributed by atoms with Crippen LogP contribution < -0.4 is 13.8 Å². The molecule has 0 saturated heterocycles. The molecule has 1 amide bonds. The van der Waals surface area contributed by atoms with E-state index in [1.165, 1.54) is 43.0 Å². The standard InChI is InChI=1S/C26H28ClNO5S/c1-4-20-9-12-22(13-10-20)33-17-5-6-26(29)28(21-11-16-25(32-3)24(27)18-21)34(30,31)23-14-7-19(2)8-15-23/h7-16,18H,4-6,17H2,1-3H3. The Hall–Kier alpha value is -3.03. The first kappa shape index (κ1) is 25.6. The molecule has 0 aliphatic heterocycles. The summed E-state index contributed by atoms with van der Waals surface area (Å²) in [5.74, 6) is 0.510. The molecule has 6 nitrogen and oxygen atoms in total. The zero-order valence-corrected chi connectivity index (χ0v) is 21.0. The van der Waals surface area contributed by atoms with Crippen molar-refractivity contribution in [3.63, 3.8) is 0 Å². The second-order valence-corrected chi connectivity index (χ2v) is 9.94. The molecule has 0 saturated carbocycles. The average Bonchev–Trinajstić information content (AvgIpc) is 2.82. The van der Waals surface area contributed by atoms with E-state index in [4.69, 9.17) is 21.1 Å². The number of anilines is 1. The van der Waals surface area contributed by atoms with Crippen LogP contribution in [0.3, 0.4) is 0 Å². The average molecular weight is 502 g/mol. The SMILES string of the molecule is CCc1ccc(OCCCC(=O)N(c2ccc(OC)c(Cl)c2)S(=O)(=O)c2ccc(C)cc2)cc1. The van der Waals surface area contributed by atoms with Gasteiger partial charge in [0.1, 0.15) is 11.5 Å². The minimum absolute atomic E-state index is 0.0191. The molecular formula is C26H28ClNO5S. The number of rotatable bonds is 10. The van der Waals surface area contributed by atoms with Crippen molar-refractivity contribution in [2.45, 2.75) is 38.0 Å². The van der Waals surface area contributed by atoms with Gasteiger partial charge in [0.2, 0.25) is 5.91 Å². The summed E-state index contributed by atoms with van der Waals surface area (Å²) in [6, 6.07) is 18.5. The number of methoxy groups -OCH3 is 1. The van der Waals surface area contributed by atoms with Crippen LogP contribution >= 0.6 is 11.6 Å². The number of carbonyl (C=O) groups is 1. The van der Waals surface area contributed by atoms with Gasteiger partial charge in [-0.2, -0.15) is 0 Å². The molecule has 0 heterocycles. The lowest BCUT2D eigenvalue weighted by Gasteiger charge is -2.23. The Morgan fingerprint density at radius 2 is 1.68 bits per heavy atom. The second kappa shape index (κ2) is 11.4. The van der Waals surface area contributed by atoms with E-state index in [0.29, 0.717) is 17.9 Å². The maximum Gasteiger partial charge on any atom is 0.270 e. The zero-order chi connectivity index (χ0) is 24.7. The lowest BCUT2D eigenvalue weighted by atomic mass is 10.2. The monoisotopic (exact) mass is 501 g/mol. The van der Waals surface area contributed by atoms with Gasteiger partial charge in [-0.15, -0.1) is 0 Å². The van der Waals surface area contributed by atoms with Crippen LogP contribution in [0.25, 0.3) is 0 Å². The summed E-state index contributed by atoms with van der Waals surface area (Å²) in [6.45, 7) is 4.21. The van der Waals surface area contributed by atoms with E-state index in [9.17, 15) is 13.2 Å². The fraction of sp³-hybridized carbons (Fsp3) is 0.269. The molecule has 0 fully saturated rings. The molecule has 0 unspecified atom stereocenters. The number of hydrogen-bond donors (Lipinski definition) is 0. The highest BCUT2D eigenvalue weighted by molar-refractivity contribution is 7.93. The molecule has 3 aromatic carbocycles. The predicted octanol–water partition coefficient (Wildman–Crippen LogP) is 5.80. The summed E-state index contributed by atoms with van der Waals surface area (Å²) in [5.41, 5.74) is 2.26. The van der Waals surface area contributed by atoms with Gasteiger partial charge in [0.05, 0.1) is 29.3 Å². The van der Waals surface area contributed by atoms with Crippen LogP contribution in [0.15, 0.2) is 71.6 Å². The van der Waals surface area contributed by atoms with Gasteiger partial charge < -0.3 is 9.47 Å². The number of hydrogen-bond acceptors (Lipinski definition) is 5. The number of aryl methyl sites for hydroxylation is 2. The Morgan fingerprint density at radius 1 is 1.00 bits per heavy atom. The number of sulfonamides is 1. The van der Waals surface area contributed by atoms with Crippen LogP contribution in [-0.2, 0) is 21.2 Å². The van der Waals surface area contributed by atoms with Crippen molar-refractivity contribution in [3.8, 4) is 11.5 Å². The van der Waals surface area contributed by atoms with E-state index in [2.05, 4.69) is 6.92 Å². The number of amides is 1. The zero-order valence-electron chi connectivity index (χ0n) is 19.5. The Balaban J connectivity index is 1.80. The quantitative estimate of drug-likeness (QED) is 0.328. The van der Waals surface area contributed by atoms with Gasteiger partial charge in [-0.25, -0.2) is 12.7 Å². The van der Waals surface area contributed by atoms with Crippen LogP contribution in [0.1, 0.15) is 30.9 Å². The van der Waals surface area contributed by atoms with Crippen molar-refractivity contribution in [3.05, 3.63) is 82.9 Å². The van der Waals surface area contributed by atoms with Crippen molar-refractivity contribution in [1.29, 1.82) is 0 Å². The molecule has 3 rings (SSSR count). The molecule has 0 aromatic heterocycles. The van der Waals surface area contributed by atoms with E-state index in [1.54, 1.807) is 12.1 Å². The van der Waals surface area contributed by atoms with Gasteiger partial charge >= 0.3 is 0 Å². The lowest BCUT2D eigenvalue weighted by molar-refractivity contribution is -0.117. The number of halogens is 1. The molecule has 0 N–H and O–H groups in total.